The maximum Gasteiger partial charge on any atom is 0.430 e. The zero-order valence-corrected chi connectivity index (χ0v) is 16.8. The number of hydrogen-bond acceptors (Lipinski definition) is 3. The van der Waals surface area contributed by atoms with Gasteiger partial charge in [-0.15, -0.1) is 0 Å². The fraction of sp³-hybridized carbons (Fsp3) is 0.143. The number of hydrogen-bond donors (Lipinski definition) is 2. The van der Waals surface area contributed by atoms with E-state index >= 15 is 0 Å². The normalized spacial score (nSPS) is 13.1. The Bertz CT molecular complexity index is 1160. The van der Waals surface area contributed by atoms with Gasteiger partial charge < -0.3 is 5.11 Å². The standard InChI is InChI=1S/C21H15F6NO3S/c22-20(23,24)19(29,21(25,26)27)16-8-10-17(11-9-16)28-32(30,31)18-12-6-15(7-13-18)14-4-2-1-3-5-14/h1-13,28-29H. The lowest BCUT2D eigenvalue weighted by Gasteiger charge is -2.32. The summed E-state index contributed by atoms with van der Waals surface area (Å²) in [6, 6.07) is 16.9. The summed E-state index contributed by atoms with van der Waals surface area (Å²) in [5.41, 5.74) is -5.28. The van der Waals surface area contributed by atoms with Gasteiger partial charge in [0.1, 0.15) is 0 Å². The molecule has 0 spiro atoms. The molecule has 3 aromatic carbocycles. The highest BCUT2D eigenvalue weighted by Crippen LogP contribution is 2.50. The number of halogens is 6. The zero-order chi connectivity index (χ0) is 23.8. The minimum Gasteiger partial charge on any atom is -0.369 e. The van der Waals surface area contributed by atoms with Crippen LogP contribution in [0.5, 0.6) is 0 Å². The summed E-state index contributed by atoms with van der Waals surface area (Å²) in [4.78, 5) is -0.164. The monoisotopic (exact) mass is 475 g/mol. The summed E-state index contributed by atoms with van der Waals surface area (Å²) in [6.45, 7) is 0. The first kappa shape index (κ1) is 23.6. The van der Waals surface area contributed by atoms with Gasteiger partial charge in [-0.05, 0) is 35.4 Å². The average Bonchev–Trinajstić information content (AvgIpc) is 2.72. The molecule has 11 heteroatoms. The summed E-state index contributed by atoms with van der Waals surface area (Å²) in [5.74, 6) is 0. The summed E-state index contributed by atoms with van der Waals surface area (Å²) in [7, 11) is -4.17. The largest absolute Gasteiger partial charge is 0.430 e. The van der Waals surface area contributed by atoms with Crippen molar-refractivity contribution in [1.82, 2.24) is 0 Å². The lowest BCUT2D eigenvalue weighted by Crippen LogP contribution is -2.53. The van der Waals surface area contributed by atoms with E-state index in [2.05, 4.69) is 4.72 Å². The van der Waals surface area contributed by atoms with Gasteiger partial charge >= 0.3 is 12.4 Å². The number of benzene rings is 3. The highest BCUT2D eigenvalue weighted by molar-refractivity contribution is 7.92. The molecular formula is C21H15F6NO3S. The first-order valence-electron chi connectivity index (χ1n) is 8.90. The van der Waals surface area contributed by atoms with Gasteiger partial charge in [-0.2, -0.15) is 26.3 Å². The molecule has 0 bridgehead atoms. The van der Waals surface area contributed by atoms with Gasteiger partial charge in [0, 0.05) is 11.3 Å². The molecular weight excluding hydrogens is 460 g/mol. The van der Waals surface area contributed by atoms with E-state index in [0.717, 1.165) is 11.1 Å². The highest BCUT2D eigenvalue weighted by Gasteiger charge is 2.71. The van der Waals surface area contributed by atoms with E-state index in [4.69, 9.17) is 0 Å². The van der Waals surface area contributed by atoms with Gasteiger partial charge in [-0.1, -0.05) is 54.6 Å². The Morgan fingerprint density at radius 3 is 1.59 bits per heavy atom. The topological polar surface area (TPSA) is 66.4 Å². The molecule has 0 atom stereocenters. The molecule has 0 fully saturated rings. The van der Waals surface area contributed by atoms with Crippen LogP contribution >= 0.6 is 0 Å². The van der Waals surface area contributed by atoms with Crippen LogP contribution in [0.4, 0.5) is 32.0 Å². The van der Waals surface area contributed by atoms with Gasteiger partial charge in [0.25, 0.3) is 15.6 Å². The van der Waals surface area contributed by atoms with Crippen LogP contribution in [0.3, 0.4) is 0 Å². The van der Waals surface area contributed by atoms with Crippen molar-refractivity contribution in [3.05, 3.63) is 84.4 Å². The summed E-state index contributed by atoms with van der Waals surface area (Å²) in [6.07, 6.45) is -12.1. The van der Waals surface area contributed by atoms with Crippen LogP contribution in [0, 0.1) is 0 Å². The third-order valence-corrected chi connectivity index (χ3v) is 6.04. The predicted octanol–water partition coefficient (Wildman–Crippen LogP) is 5.47. The van der Waals surface area contributed by atoms with Crippen LogP contribution in [0.25, 0.3) is 11.1 Å². The maximum atomic E-state index is 13.0. The third kappa shape index (κ3) is 4.44. The van der Waals surface area contributed by atoms with Crippen LogP contribution in [0.2, 0.25) is 0 Å². The Morgan fingerprint density at radius 1 is 0.656 bits per heavy atom. The van der Waals surface area contributed by atoms with Crippen LogP contribution < -0.4 is 4.72 Å². The van der Waals surface area contributed by atoms with Crippen molar-refractivity contribution in [3.8, 4) is 11.1 Å². The molecule has 0 radical (unpaired) electrons. The lowest BCUT2D eigenvalue weighted by molar-refractivity contribution is -0.376. The van der Waals surface area contributed by atoms with Crippen molar-refractivity contribution in [2.24, 2.45) is 0 Å². The van der Waals surface area contributed by atoms with Crippen LogP contribution in [-0.4, -0.2) is 25.9 Å². The van der Waals surface area contributed by atoms with Gasteiger partial charge in [0.15, 0.2) is 0 Å². The highest BCUT2D eigenvalue weighted by atomic mass is 32.2. The summed E-state index contributed by atoms with van der Waals surface area (Å²) in [5, 5.41) is 9.39. The van der Waals surface area contributed by atoms with E-state index in [9.17, 15) is 39.9 Å². The van der Waals surface area contributed by atoms with Gasteiger partial charge in [-0.3, -0.25) is 4.72 Å². The second kappa shape index (κ2) is 8.14. The van der Waals surface area contributed by atoms with Crippen molar-refractivity contribution < 1.29 is 39.9 Å². The second-order valence-corrected chi connectivity index (χ2v) is 8.46. The third-order valence-electron chi connectivity index (χ3n) is 4.65. The van der Waals surface area contributed by atoms with Gasteiger partial charge in [-0.25, -0.2) is 8.42 Å². The Balaban J connectivity index is 1.84. The lowest BCUT2D eigenvalue weighted by atomic mass is 9.92. The number of sulfonamides is 1. The number of rotatable bonds is 5. The fourth-order valence-corrected chi connectivity index (χ4v) is 4.00. The van der Waals surface area contributed by atoms with E-state index in [1.807, 2.05) is 30.3 Å². The molecule has 0 aromatic heterocycles. The minimum absolute atomic E-state index is 0.164. The van der Waals surface area contributed by atoms with Crippen molar-refractivity contribution in [2.45, 2.75) is 22.8 Å². The molecule has 0 amide bonds. The van der Waals surface area contributed by atoms with Crippen molar-refractivity contribution in [1.29, 1.82) is 0 Å². The molecule has 170 valence electrons. The van der Waals surface area contributed by atoms with Crippen molar-refractivity contribution in [3.63, 3.8) is 0 Å². The molecule has 0 saturated heterocycles. The number of anilines is 1. The number of aliphatic hydroxyl groups is 1. The van der Waals surface area contributed by atoms with E-state index in [-0.39, 0.29) is 10.6 Å². The Labute approximate surface area is 179 Å². The zero-order valence-electron chi connectivity index (χ0n) is 15.9. The molecule has 0 saturated carbocycles. The van der Waals surface area contributed by atoms with E-state index in [1.54, 1.807) is 12.1 Å². The molecule has 0 aliphatic carbocycles. The second-order valence-electron chi connectivity index (χ2n) is 6.78. The molecule has 3 rings (SSSR count). The molecule has 32 heavy (non-hydrogen) atoms. The fourth-order valence-electron chi connectivity index (χ4n) is 2.94. The van der Waals surface area contributed by atoms with Crippen LogP contribution in [-0.2, 0) is 15.6 Å². The quantitative estimate of drug-likeness (QED) is 0.482. The molecule has 2 N–H and O–H groups in total. The molecule has 0 heterocycles. The van der Waals surface area contributed by atoms with E-state index in [1.165, 1.54) is 12.1 Å². The van der Waals surface area contributed by atoms with Crippen molar-refractivity contribution >= 4 is 15.7 Å². The average molecular weight is 475 g/mol. The van der Waals surface area contributed by atoms with E-state index in [0.29, 0.717) is 24.3 Å². The number of nitrogens with one attached hydrogen (secondary N) is 1. The molecule has 0 aliphatic rings. The first-order chi connectivity index (χ1) is 14.8. The predicted molar refractivity (Wildman–Crippen MR) is 105 cm³/mol. The Morgan fingerprint density at radius 2 is 1.12 bits per heavy atom. The Hall–Kier alpha value is -3.05. The molecule has 3 aromatic rings. The first-order valence-corrected chi connectivity index (χ1v) is 10.4. The van der Waals surface area contributed by atoms with Gasteiger partial charge in [0.05, 0.1) is 4.90 Å². The van der Waals surface area contributed by atoms with Crippen molar-refractivity contribution in [2.75, 3.05) is 4.72 Å². The van der Waals surface area contributed by atoms with Crippen LogP contribution in [0.15, 0.2) is 83.8 Å². The SMILES string of the molecule is O=S(=O)(Nc1ccc(C(O)(C(F)(F)F)C(F)(F)F)cc1)c1ccc(-c2ccccc2)cc1. The molecule has 4 nitrogen and oxygen atoms in total. The molecule has 0 aliphatic heterocycles. The summed E-state index contributed by atoms with van der Waals surface area (Å²) < 4.78 is 105. The Kier molecular flexibility index (Phi) is 6.00. The number of alkyl halides is 6. The smallest absolute Gasteiger partial charge is 0.369 e. The summed E-state index contributed by atoms with van der Waals surface area (Å²) >= 11 is 0. The maximum absolute atomic E-state index is 13.0. The minimum atomic E-state index is -6.03. The van der Waals surface area contributed by atoms with Gasteiger partial charge in [0.2, 0.25) is 0 Å². The van der Waals surface area contributed by atoms with E-state index < -0.39 is 33.5 Å². The van der Waals surface area contributed by atoms with Crippen LogP contribution in [0.1, 0.15) is 5.56 Å². The molecule has 0 unspecified atom stereocenters.